The fourth-order valence-electron chi connectivity index (χ4n) is 15.9. The molecule has 76 heavy (non-hydrogen) atoms. The minimum Gasteiger partial charge on any atom is -0.394 e. The van der Waals surface area contributed by atoms with E-state index >= 15 is 0 Å². The molecule has 8 aliphatic rings. The van der Waals surface area contributed by atoms with E-state index in [0.29, 0.717) is 32.1 Å². The summed E-state index contributed by atoms with van der Waals surface area (Å²) >= 11 is 0. The average Bonchev–Trinajstić information content (AvgIpc) is 3.88. The van der Waals surface area contributed by atoms with Gasteiger partial charge in [0, 0.05) is 0 Å². The van der Waals surface area contributed by atoms with Crippen LogP contribution in [-0.4, -0.2) is 243 Å². The van der Waals surface area contributed by atoms with E-state index in [0.717, 1.165) is 12.8 Å². The number of aliphatic hydroxyl groups excluding tert-OH is 14. The van der Waals surface area contributed by atoms with Gasteiger partial charge in [0.1, 0.15) is 91.6 Å². The van der Waals surface area contributed by atoms with E-state index in [4.69, 9.17) is 37.9 Å². The second-order valence-corrected chi connectivity index (χ2v) is 25.7. The Labute approximate surface area is 444 Å². The van der Waals surface area contributed by atoms with Gasteiger partial charge in [-0.2, -0.15) is 0 Å². The number of rotatable bonds is 16. The van der Waals surface area contributed by atoms with Crippen LogP contribution in [0.3, 0.4) is 0 Å². The van der Waals surface area contributed by atoms with Crippen molar-refractivity contribution >= 4 is 0 Å². The van der Waals surface area contributed by atoms with Crippen molar-refractivity contribution in [1.29, 1.82) is 0 Å². The Balaban J connectivity index is 1.02. The lowest BCUT2D eigenvalue weighted by molar-refractivity contribution is -0.378. The van der Waals surface area contributed by atoms with Crippen LogP contribution in [0.2, 0.25) is 0 Å². The fraction of sp³-hybridized carbons (Fsp3) is 0.962. The summed E-state index contributed by atoms with van der Waals surface area (Å²) in [6, 6.07) is 0. The molecular weight excluding hydrogens is 1000 g/mol. The first kappa shape index (κ1) is 60.9. The molecule has 440 valence electrons. The van der Waals surface area contributed by atoms with Crippen molar-refractivity contribution in [3.63, 3.8) is 0 Å². The van der Waals surface area contributed by atoms with E-state index in [1.165, 1.54) is 0 Å². The number of fused-ring (bicyclic) bond motifs is 5. The summed E-state index contributed by atoms with van der Waals surface area (Å²) in [4.78, 5) is 0. The van der Waals surface area contributed by atoms with Crippen LogP contribution in [-0.2, 0) is 37.9 Å². The predicted octanol–water partition coefficient (Wildman–Crippen LogP) is -2.59. The van der Waals surface area contributed by atoms with Gasteiger partial charge in [-0.15, -0.1) is 0 Å². The first-order valence-corrected chi connectivity index (χ1v) is 27.4. The third-order valence-electron chi connectivity index (χ3n) is 20.4. The van der Waals surface area contributed by atoms with Gasteiger partial charge in [0.05, 0.1) is 49.8 Å². The smallest absolute Gasteiger partial charge is 0.187 e. The minimum absolute atomic E-state index is 0.0113. The van der Waals surface area contributed by atoms with Crippen molar-refractivity contribution in [1.82, 2.24) is 0 Å². The second-order valence-electron chi connectivity index (χ2n) is 25.7. The normalized spacial score (nSPS) is 52.5. The van der Waals surface area contributed by atoms with Crippen LogP contribution in [0.4, 0.5) is 0 Å². The zero-order valence-corrected chi connectivity index (χ0v) is 45.0. The Morgan fingerprint density at radius 3 is 1.66 bits per heavy atom. The van der Waals surface area contributed by atoms with E-state index in [2.05, 4.69) is 34.6 Å². The van der Waals surface area contributed by atoms with Gasteiger partial charge >= 0.3 is 0 Å². The molecule has 0 amide bonds. The molecule has 4 saturated carbocycles. The van der Waals surface area contributed by atoms with Crippen molar-refractivity contribution in [2.75, 3.05) is 26.4 Å². The molecule has 8 fully saturated rings. The zero-order valence-electron chi connectivity index (χ0n) is 45.0. The summed E-state index contributed by atoms with van der Waals surface area (Å²) in [5, 5.41) is 162. The van der Waals surface area contributed by atoms with Crippen LogP contribution >= 0.6 is 0 Å². The molecular formula is C53H90O23. The number of aliphatic hydroxyl groups is 15. The molecule has 0 aromatic rings. The van der Waals surface area contributed by atoms with Gasteiger partial charge in [-0.05, 0) is 117 Å². The quantitative estimate of drug-likeness (QED) is 0.0557. The van der Waals surface area contributed by atoms with Crippen molar-refractivity contribution in [2.45, 2.75) is 247 Å². The molecule has 0 aromatic carbocycles. The Bertz CT molecular complexity index is 1980. The van der Waals surface area contributed by atoms with Gasteiger partial charge in [-0.1, -0.05) is 46.8 Å². The molecule has 8 rings (SSSR count). The molecule has 23 heteroatoms. The van der Waals surface area contributed by atoms with Crippen molar-refractivity contribution < 1.29 is 114 Å². The van der Waals surface area contributed by atoms with Crippen LogP contribution in [0, 0.1) is 45.3 Å². The molecule has 15 N–H and O–H groups in total. The van der Waals surface area contributed by atoms with Crippen LogP contribution in [0.15, 0.2) is 12.2 Å². The second kappa shape index (κ2) is 22.5. The molecule has 0 aromatic heterocycles. The Hall–Kier alpha value is -1.18. The molecule has 0 unspecified atom stereocenters. The van der Waals surface area contributed by atoms with Crippen LogP contribution in [0.5, 0.6) is 0 Å². The van der Waals surface area contributed by atoms with Crippen LogP contribution in [0.1, 0.15) is 107 Å². The minimum atomic E-state index is -1.82. The maximum Gasteiger partial charge on any atom is 0.187 e. The Morgan fingerprint density at radius 1 is 0.539 bits per heavy atom. The molecule has 0 spiro atoms. The van der Waals surface area contributed by atoms with Gasteiger partial charge < -0.3 is 114 Å². The number of ether oxygens (including phenoxy) is 8. The largest absolute Gasteiger partial charge is 0.394 e. The van der Waals surface area contributed by atoms with E-state index in [-0.39, 0.29) is 40.9 Å². The summed E-state index contributed by atoms with van der Waals surface area (Å²) in [6.07, 6.45) is -22.6. The van der Waals surface area contributed by atoms with Gasteiger partial charge in [0.2, 0.25) is 0 Å². The first-order chi connectivity index (χ1) is 35.4. The van der Waals surface area contributed by atoms with Crippen molar-refractivity contribution in [2.24, 2.45) is 45.3 Å². The summed E-state index contributed by atoms with van der Waals surface area (Å²) in [7, 11) is 0. The van der Waals surface area contributed by atoms with Crippen molar-refractivity contribution in [3.8, 4) is 0 Å². The lowest BCUT2D eigenvalue weighted by Crippen LogP contribution is -2.68. The lowest BCUT2D eigenvalue weighted by atomic mass is 9.35. The highest BCUT2D eigenvalue weighted by atomic mass is 16.8. The third-order valence-corrected chi connectivity index (χ3v) is 20.4. The number of hydrogen-bond donors (Lipinski definition) is 15. The lowest BCUT2D eigenvalue weighted by Gasteiger charge is -2.71. The maximum absolute atomic E-state index is 12.8. The summed E-state index contributed by atoms with van der Waals surface area (Å²) < 4.78 is 48.7. The molecule has 4 heterocycles. The van der Waals surface area contributed by atoms with Crippen LogP contribution < -0.4 is 0 Å². The molecule has 0 bridgehead atoms. The fourth-order valence-corrected chi connectivity index (χ4v) is 15.9. The monoisotopic (exact) mass is 1090 g/mol. The maximum atomic E-state index is 12.8. The van der Waals surface area contributed by atoms with Crippen molar-refractivity contribution in [3.05, 3.63) is 12.2 Å². The van der Waals surface area contributed by atoms with Gasteiger partial charge in [0.25, 0.3) is 0 Å². The van der Waals surface area contributed by atoms with Crippen LogP contribution in [0.25, 0.3) is 0 Å². The molecule has 4 aliphatic carbocycles. The SMILES string of the molecule is CC(C)(O)/C=C/C[C@](C)(O[C@@H]1O[C@H](CO[C@@H]2O[C@@H](CO)[C@H](O)[C@H]2O)[C@@H](O)[C@H](O)[C@H]1O)[C@H]1CC[C@]2(C)[C@@H]1[C@H](O)C[C@@H]1[C@@]3(C)CC[C@H](O[C@@H]4O[C@H](CO)[C@@H](O)[C@H](O)[C@H]4O[C@@H]4O[C@H](CO)[C@@H](O)[C@H](O)[C@H]4O)C(C)(C)[C@H]3CC[C@]12C. The number of hydrogen-bond acceptors (Lipinski definition) is 23. The molecule has 0 radical (unpaired) electrons. The van der Waals surface area contributed by atoms with E-state index in [1.54, 1.807) is 26.0 Å². The van der Waals surface area contributed by atoms with E-state index in [1.807, 2.05) is 6.92 Å². The average molecular weight is 1100 g/mol. The van der Waals surface area contributed by atoms with E-state index < -0.39 is 177 Å². The van der Waals surface area contributed by atoms with Gasteiger partial charge in [0.15, 0.2) is 25.2 Å². The summed E-state index contributed by atoms with van der Waals surface area (Å²) in [5.74, 6) is -0.665. The highest BCUT2D eigenvalue weighted by Gasteiger charge is 2.72. The topological polar surface area (TPSA) is 377 Å². The third kappa shape index (κ3) is 10.6. The van der Waals surface area contributed by atoms with Gasteiger partial charge in [-0.3, -0.25) is 0 Å². The van der Waals surface area contributed by atoms with Gasteiger partial charge in [-0.25, -0.2) is 0 Å². The Morgan fingerprint density at radius 2 is 1.05 bits per heavy atom. The summed E-state index contributed by atoms with van der Waals surface area (Å²) in [6.45, 7) is 13.8. The molecule has 4 aliphatic heterocycles. The highest BCUT2D eigenvalue weighted by Crippen LogP contribution is 2.76. The highest BCUT2D eigenvalue weighted by molar-refractivity contribution is 5.21. The Kier molecular flexibility index (Phi) is 18.1. The molecule has 23 nitrogen and oxygen atoms in total. The standard InChI is InChI=1S/C53H90O23/c1-48(2,68)13-9-14-53(8,76-46-42(67)38(63)36(61)28(73-46)22-69-44-40(65)35(60)27(21-56)70-44)23-10-16-52(7)32(23)24(57)18-30-50(5)15-12-31(49(3,4)29(50)11-17-51(30,52)6)74-47-43(39(64)34(59)26(20-55)72-47)75-45-41(66)37(62)33(58)25(19-54)71-45/h9,13,23-47,54-68H,10-12,14-22H2,1-8H3/b13-9+/t23-,24+,25+,26+,27-,28+,29+,30+,31-,32-,33+,34+,35-,36+,37-,38-,39-,40+,41+,42+,43+,44+,45-,46-,47-,50-,51+,52+,53-/m0/s1. The predicted molar refractivity (Wildman–Crippen MR) is 262 cm³/mol. The first-order valence-electron chi connectivity index (χ1n) is 27.4. The van der Waals surface area contributed by atoms with E-state index in [9.17, 15) is 76.6 Å². The molecule has 4 saturated heterocycles. The zero-order chi connectivity index (χ0) is 56.0. The molecule has 29 atom stereocenters. The summed E-state index contributed by atoms with van der Waals surface area (Å²) in [5.41, 5.74) is -4.12.